The highest BCUT2D eigenvalue weighted by atomic mass is 16.3. The summed E-state index contributed by atoms with van der Waals surface area (Å²) >= 11 is 0. The summed E-state index contributed by atoms with van der Waals surface area (Å²) in [6, 6.07) is 0. The Bertz CT molecular complexity index is 159. The Labute approximate surface area is 74.3 Å². The average Bonchev–Trinajstić information content (AvgIpc) is 2.36. The summed E-state index contributed by atoms with van der Waals surface area (Å²) in [5, 5.41) is 9.55. The van der Waals surface area contributed by atoms with Crippen LogP contribution in [-0.4, -0.2) is 34.9 Å². The maximum atomic E-state index is 9.55. The van der Waals surface area contributed by atoms with Crippen molar-refractivity contribution in [2.24, 2.45) is 0 Å². The highest BCUT2D eigenvalue weighted by molar-refractivity contribution is 4.90. The largest absolute Gasteiger partial charge is 0.356 e. The Kier molecular flexibility index (Phi) is 3.41. The molecule has 0 bridgehead atoms. The minimum Gasteiger partial charge on any atom is -0.356 e. The molecule has 0 saturated heterocycles. The zero-order valence-electron chi connectivity index (χ0n) is 7.90. The molecule has 3 nitrogen and oxygen atoms in total. The van der Waals surface area contributed by atoms with Gasteiger partial charge in [0, 0.05) is 26.0 Å². The molecular formula is C9H18N2O. The van der Waals surface area contributed by atoms with Crippen LogP contribution >= 0.6 is 0 Å². The summed E-state index contributed by atoms with van der Waals surface area (Å²) < 4.78 is 0. The van der Waals surface area contributed by atoms with E-state index in [4.69, 9.17) is 0 Å². The summed E-state index contributed by atoms with van der Waals surface area (Å²) in [5.74, 6) is 0. The molecule has 0 aromatic rings. The van der Waals surface area contributed by atoms with Crippen LogP contribution in [0.15, 0.2) is 12.4 Å². The first kappa shape index (κ1) is 9.39. The van der Waals surface area contributed by atoms with Crippen LogP contribution < -0.4 is 0 Å². The molecule has 0 amide bonds. The van der Waals surface area contributed by atoms with Crippen LogP contribution in [-0.2, 0) is 0 Å². The molecule has 1 rings (SSSR count). The van der Waals surface area contributed by atoms with Gasteiger partial charge in [0.15, 0.2) is 0 Å². The molecule has 0 aromatic heterocycles. The number of aliphatic hydroxyl groups excluding tert-OH is 1. The third-order valence-electron chi connectivity index (χ3n) is 2.17. The van der Waals surface area contributed by atoms with Gasteiger partial charge in [-0.25, -0.2) is 0 Å². The van der Waals surface area contributed by atoms with Crippen LogP contribution in [0.25, 0.3) is 0 Å². The average molecular weight is 170 g/mol. The second-order valence-corrected chi connectivity index (χ2v) is 3.25. The fraction of sp³-hybridized carbons (Fsp3) is 0.778. The molecule has 0 fully saturated rings. The predicted molar refractivity (Wildman–Crippen MR) is 49.1 cm³/mol. The lowest BCUT2D eigenvalue weighted by Gasteiger charge is -2.25. The Hall–Kier alpha value is -0.700. The molecular weight excluding hydrogens is 152 g/mol. The molecule has 0 saturated carbocycles. The van der Waals surface area contributed by atoms with Crippen molar-refractivity contribution >= 4 is 0 Å². The van der Waals surface area contributed by atoms with Gasteiger partial charge in [0.25, 0.3) is 0 Å². The van der Waals surface area contributed by atoms with Crippen LogP contribution in [0, 0.1) is 0 Å². The normalized spacial score (nSPS) is 22.4. The molecule has 1 heterocycles. The lowest BCUT2D eigenvalue weighted by atomic mass is 10.2. The zero-order valence-corrected chi connectivity index (χ0v) is 7.90. The van der Waals surface area contributed by atoms with Crippen LogP contribution in [0.5, 0.6) is 0 Å². The molecule has 0 radical (unpaired) electrons. The van der Waals surface area contributed by atoms with Gasteiger partial charge in [-0.15, -0.1) is 0 Å². The first-order valence-electron chi connectivity index (χ1n) is 4.59. The first-order valence-corrected chi connectivity index (χ1v) is 4.59. The molecule has 1 atom stereocenters. The lowest BCUT2D eigenvalue weighted by Crippen LogP contribution is -2.36. The molecule has 0 aromatic carbocycles. The third kappa shape index (κ3) is 2.14. The summed E-state index contributed by atoms with van der Waals surface area (Å²) in [7, 11) is 1.88. The van der Waals surface area contributed by atoms with E-state index in [1.54, 1.807) is 4.90 Å². The summed E-state index contributed by atoms with van der Waals surface area (Å²) in [6.07, 6.45) is 7.02. The number of hydrogen-bond donors (Lipinski definition) is 1. The van der Waals surface area contributed by atoms with Gasteiger partial charge in [0.2, 0.25) is 6.35 Å². The molecule has 70 valence electrons. The van der Waals surface area contributed by atoms with E-state index in [-0.39, 0.29) is 0 Å². The summed E-state index contributed by atoms with van der Waals surface area (Å²) in [5.41, 5.74) is 0. The van der Waals surface area contributed by atoms with E-state index in [1.165, 1.54) is 12.8 Å². The van der Waals surface area contributed by atoms with Crippen molar-refractivity contribution in [3.63, 3.8) is 0 Å². The molecule has 12 heavy (non-hydrogen) atoms. The van der Waals surface area contributed by atoms with Crippen molar-refractivity contribution in [2.45, 2.75) is 32.5 Å². The van der Waals surface area contributed by atoms with Crippen LogP contribution in [0.2, 0.25) is 0 Å². The van der Waals surface area contributed by atoms with Crippen molar-refractivity contribution in [3.8, 4) is 0 Å². The Morgan fingerprint density at radius 2 is 2.08 bits per heavy atom. The molecule has 1 unspecified atom stereocenters. The van der Waals surface area contributed by atoms with E-state index in [0.717, 1.165) is 13.0 Å². The quantitative estimate of drug-likeness (QED) is 0.642. The fourth-order valence-corrected chi connectivity index (χ4v) is 1.31. The number of nitrogens with zero attached hydrogens (tertiary/aromatic N) is 2. The smallest absolute Gasteiger partial charge is 0.206 e. The number of unbranched alkanes of at least 4 members (excludes halogenated alkanes) is 2. The molecule has 3 heteroatoms. The van der Waals surface area contributed by atoms with E-state index in [0.29, 0.717) is 0 Å². The molecule has 0 spiro atoms. The van der Waals surface area contributed by atoms with Crippen molar-refractivity contribution in [2.75, 3.05) is 13.6 Å². The van der Waals surface area contributed by atoms with Gasteiger partial charge in [-0.2, -0.15) is 0 Å². The monoisotopic (exact) mass is 170 g/mol. The number of rotatable bonds is 4. The van der Waals surface area contributed by atoms with Gasteiger partial charge in [-0.3, -0.25) is 0 Å². The van der Waals surface area contributed by atoms with Crippen LogP contribution in [0.3, 0.4) is 0 Å². The van der Waals surface area contributed by atoms with E-state index in [2.05, 4.69) is 6.92 Å². The molecule has 1 aliphatic rings. The van der Waals surface area contributed by atoms with Gasteiger partial charge in [0.05, 0.1) is 0 Å². The third-order valence-corrected chi connectivity index (χ3v) is 2.17. The van der Waals surface area contributed by atoms with Gasteiger partial charge in [-0.1, -0.05) is 19.8 Å². The topological polar surface area (TPSA) is 26.7 Å². The Morgan fingerprint density at radius 1 is 1.33 bits per heavy atom. The van der Waals surface area contributed by atoms with Gasteiger partial charge in [0.1, 0.15) is 0 Å². The number of hydrogen-bond acceptors (Lipinski definition) is 3. The number of aliphatic hydroxyl groups is 1. The van der Waals surface area contributed by atoms with Gasteiger partial charge in [-0.05, 0) is 6.42 Å². The van der Waals surface area contributed by atoms with E-state index < -0.39 is 6.35 Å². The second kappa shape index (κ2) is 4.36. The fourth-order valence-electron chi connectivity index (χ4n) is 1.31. The minimum absolute atomic E-state index is 0.443. The van der Waals surface area contributed by atoms with Crippen LogP contribution in [0.4, 0.5) is 0 Å². The van der Waals surface area contributed by atoms with E-state index >= 15 is 0 Å². The Morgan fingerprint density at radius 3 is 2.58 bits per heavy atom. The van der Waals surface area contributed by atoms with Gasteiger partial charge >= 0.3 is 0 Å². The predicted octanol–water partition coefficient (Wildman–Crippen LogP) is 1.17. The van der Waals surface area contributed by atoms with Crippen molar-refractivity contribution in [1.29, 1.82) is 0 Å². The maximum Gasteiger partial charge on any atom is 0.206 e. The first-order chi connectivity index (χ1) is 5.75. The van der Waals surface area contributed by atoms with E-state index in [1.807, 2.05) is 24.3 Å². The SMILES string of the molecule is CCCCCN1C=CN(C)C1O. The van der Waals surface area contributed by atoms with Crippen molar-refractivity contribution in [1.82, 2.24) is 9.80 Å². The summed E-state index contributed by atoms with van der Waals surface area (Å²) in [4.78, 5) is 3.75. The summed E-state index contributed by atoms with van der Waals surface area (Å²) in [6.45, 7) is 3.14. The van der Waals surface area contributed by atoms with Gasteiger partial charge < -0.3 is 14.9 Å². The standard InChI is InChI=1S/C9H18N2O/c1-3-4-5-6-11-8-7-10(2)9(11)12/h7-9,12H,3-6H2,1-2H3. The van der Waals surface area contributed by atoms with Crippen molar-refractivity contribution < 1.29 is 5.11 Å². The second-order valence-electron chi connectivity index (χ2n) is 3.25. The molecule has 1 N–H and O–H groups in total. The minimum atomic E-state index is -0.443. The lowest BCUT2D eigenvalue weighted by molar-refractivity contribution is -0.0365. The highest BCUT2D eigenvalue weighted by Gasteiger charge is 2.19. The van der Waals surface area contributed by atoms with E-state index in [9.17, 15) is 5.11 Å². The maximum absolute atomic E-state index is 9.55. The molecule has 1 aliphatic heterocycles. The van der Waals surface area contributed by atoms with Crippen molar-refractivity contribution in [3.05, 3.63) is 12.4 Å². The highest BCUT2D eigenvalue weighted by Crippen LogP contribution is 2.11. The Balaban J connectivity index is 2.21. The molecule has 0 aliphatic carbocycles. The zero-order chi connectivity index (χ0) is 8.97. The van der Waals surface area contributed by atoms with Crippen LogP contribution in [0.1, 0.15) is 26.2 Å².